The average molecular weight is 144 g/mol. The van der Waals surface area contributed by atoms with E-state index in [9.17, 15) is 0 Å². The zero-order valence-corrected chi connectivity index (χ0v) is 2.88. The van der Waals surface area contributed by atoms with E-state index in [1.165, 1.54) is 0 Å². The maximum atomic E-state index is 0. The van der Waals surface area contributed by atoms with Gasteiger partial charge in [0.2, 0.25) is 0 Å². The largest absolute Gasteiger partial charge is 0.269 e. The van der Waals surface area contributed by atoms with Gasteiger partial charge in [-0.15, -0.1) is 0 Å². The zero-order chi connectivity index (χ0) is 0. The summed E-state index contributed by atoms with van der Waals surface area (Å²) in [6.45, 7) is 0. The predicted molar refractivity (Wildman–Crippen MR) is 10.0 cm³/mol. The molecule has 0 heterocycles. The summed E-state index contributed by atoms with van der Waals surface area (Å²) in [6, 6.07) is 0. The van der Waals surface area contributed by atoms with Crippen LogP contribution in [0.15, 0.2) is 0 Å². The van der Waals surface area contributed by atoms with Crippen LogP contribution in [0.5, 0.6) is 0 Å². The van der Waals surface area contributed by atoms with Gasteiger partial charge in [0.15, 0.2) is 0 Å². The standard InChI is InChI=1S/Cu.4FH/h;4*1H. The molecule has 0 bridgehead atoms. The summed E-state index contributed by atoms with van der Waals surface area (Å²) in [5, 5.41) is 0. The molecular weight excluding hydrogens is 140 g/mol. The van der Waals surface area contributed by atoms with Crippen LogP contribution in [0.25, 0.3) is 0 Å². The summed E-state index contributed by atoms with van der Waals surface area (Å²) >= 11 is 0. The van der Waals surface area contributed by atoms with Gasteiger partial charge >= 0.3 is 0 Å². The third kappa shape index (κ3) is 371. The topological polar surface area (TPSA) is 0 Å². The Labute approximate surface area is 36.9 Å². The summed E-state index contributed by atoms with van der Waals surface area (Å²) < 4.78 is 0. The molecule has 0 amide bonds. The Morgan fingerprint density at radius 2 is 0.400 bits per heavy atom. The van der Waals surface area contributed by atoms with Crippen molar-refractivity contribution < 1.29 is 35.9 Å². The van der Waals surface area contributed by atoms with Crippen LogP contribution in [0.2, 0.25) is 0 Å². The van der Waals surface area contributed by atoms with Crippen molar-refractivity contribution >= 4 is 0 Å². The maximum absolute atomic E-state index is 0. The molecule has 0 aromatic heterocycles. The van der Waals surface area contributed by atoms with Crippen LogP contribution in [0.4, 0.5) is 18.8 Å². The quantitative estimate of drug-likeness (QED) is 0.344. The van der Waals surface area contributed by atoms with Crippen LogP contribution in [-0.4, -0.2) is 0 Å². The first-order valence-electron chi connectivity index (χ1n) is 0. The number of halogens is 4. The van der Waals surface area contributed by atoms with Crippen LogP contribution in [-0.2, 0) is 17.1 Å². The molecule has 0 spiro atoms. The van der Waals surface area contributed by atoms with Crippen molar-refractivity contribution in [2.45, 2.75) is 0 Å². The second-order valence-corrected chi connectivity index (χ2v) is 0. The van der Waals surface area contributed by atoms with E-state index in [0.717, 1.165) is 0 Å². The Hall–Kier alpha value is 0.239. The van der Waals surface area contributed by atoms with Gasteiger partial charge in [0.1, 0.15) is 0 Å². The van der Waals surface area contributed by atoms with E-state index in [2.05, 4.69) is 0 Å². The van der Waals surface area contributed by atoms with Crippen LogP contribution in [0.1, 0.15) is 0 Å². The van der Waals surface area contributed by atoms with Gasteiger partial charge in [0.05, 0.1) is 0 Å². The smallest absolute Gasteiger partial charge is 0 e. The minimum atomic E-state index is 0. The molecule has 0 saturated heterocycles. The van der Waals surface area contributed by atoms with Crippen molar-refractivity contribution in [1.82, 2.24) is 0 Å². The van der Waals surface area contributed by atoms with Gasteiger partial charge in [-0.3, -0.25) is 18.8 Å². The Kier molecular flexibility index (Phi) is 255000. The molecule has 0 aliphatic carbocycles. The summed E-state index contributed by atoms with van der Waals surface area (Å²) in [7, 11) is 0. The molecule has 0 aliphatic heterocycles. The summed E-state index contributed by atoms with van der Waals surface area (Å²) in [5.41, 5.74) is 0. The Morgan fingerprint density at radius 1 is 0.400 bits per heavy atom. The van der Waals surface area contributed by atoms with Gasteiger partial charge in [0, 0.05) is 17.1 Å². The first kappa shape index (κ1) is 1640. The molecule has 5 heteroatoms. The van der Waals surface area contributed by atoms with Gasteiger partial charge in [-0.25, -0.2) is 0 Å². The second-order valence-electron chi connectivity index (χ2n) is 0. The van der Waals surface area contributed by atoms with Gasteiger partial charge in [0.25, 0.3) is 0 Å². The van der Waals surface area contributed by atoms with E-state index in [1.54, 1.807) is 0 Å². The molecule has 0 rings (SSSR count). The fourth-order valence-corrected chi connectivity index (χ4v) is 0. The van der Waals surface area contributed by atoms with E-state index in [-0.39, 0.29) is 35.9 Å². The van der Waals surface area contributed by atoms with E-state index in [4.69, 9.17) is 0 Å². The Balaban J connectivity index is 0. The molecule has 0 nitrogen and oxygen atoms in total. The van der Waals surface area contributed by atoms with Crippen molar-refractivity contribution in [2.75, 3.05) is 0 Å². The van der Waals surface area contributed by atoms with Crippen LogP contribution < -0.4 is 0 Å². The Bertz CT molecular complexity index is 3.61. The SMILES string of the molecule is F.F.F.F.[Cu]. The van der Waals surface area contributed by atoms with Crippen LogP contribution in [0, 0.1) is 0 Å². The molecule has 0 aromatic rings. The molecular formula is H4CuF4. The third-order valence-corrected chi connectivity index (χ3v) is 0. The molecule has 0 unspecified atom stereocenters. The molecule has 0 fully saturated rings. The van der Waals surface area contributed by atoms with Gasteiger partial charge < -0.3 is 0 Å². The first-order valence-corrected chi connectivity index (χ1v) is 0. The normalized spacial score (nSPS) is 0. The fraction of sp³-hybridized carbons (Fsp3) is 0. The van der Waals surface area contributed by atoms with Crippen LogP contribution >= 0.6 is 0 Å². The molecule has 0 saturated carbocycles. The zero-order valence-electron chi connectivity index (χ0n) is 1.93. The molecule has 0 N–H and O–H groups in total. The molecule has 0 atom stereocenters. The second kappa shape index (κ2) is 776. The third-order valence-electron chi connectivity index (χ3n) is 0. The van der Waals surface area contributed by atoms with E-state index < -0.39 is 0 Å². The van der Waals surface area contributed by atoms with Crippen LogP contribution in [0.3, 0.4) is 0 Å². The minimum Gasteiger partial charge on any atom is -0.269 e. The average Bonchev–Trinajstić information content (AvgIpc) is 0. The summed E-state index contributed by atoms with van der Waals surface area (Å²) in [5.74, 6) is 0. The minimum absolute atomic E-state index is 0. The number of hydrogen-bond acceptors (Lipinski definition) is 0. The van der Waals surface area contributed by atoms with E-state index >= 15 is 0 Å². The summed E-state index contributed by atoms with van der Waals surface area (Å²) in [4.78, 5) is 0. The molecule has 0 aliphatic rings. The van der Waals surface area contributed by atoms with Crippen molar-refractivity contribution in [1.29, 1.82) is 0 Å². The monoisotopic (exact) mass is 143 g/mol. The van der Waals surface area contributed by atoms with Crippen molar-refractivity contribution in [3.05, 3.63) is 0 Å². The fourth-order valence-electron chi connectivity index (χ4n) is 0. The summed E-state index contributed by atoms with van der Waals surface area (Å²) in [6.07, 6.45) is 0. The molecule has 5 heavy (non-hydrogen) atoms. The number of rotatable bonds is 0. The van der Waals surface area contributed by atoms with Crippen molar-refractivity contribution in [3.63, 3.8) is 0 Å². The first-order chi connectivity index (χ1) is 0. The van der Waals surface area contributed by atoms with Gasteiger partial charge in [-0.2, -0.15) is 0 Å². The van der Waals surface area contributed by atoms with E-state index in [1.807, 2.05) is 0 Å². The molecule has 1 radical (unpaired) electrons. The van der Waals surface area contributed by atoms with Gasteiger partial charge in [-0.05, 0) is 0 Å². The number of hydrogen-bond donors (Lipinski definition) is 0. The predicted octanol–water partition coefficient (Wildman–Crippen LogP) is 0.607. The van der Waals surface area contributed by atoms with Crippen molar-refractivity contribution in [3.8, 4) is 0 Å². The van der Waals surface area contributed by atoms with E-state index in [0.29, 0.717) is 0 Å². The molecule has 0 aromatic carbocycles. The Morgan fingerprint density at radius 3 is 0.400 bits per heavy atom. The maximum Gasteiger partial charge on any atom is 0 e. The van der Waals surface area contributed by atoms with Gasteiger partial charge in [-0.1, -0.05) is 0 Å². The molecule has 43 valence electrons. The van der Waals surface area contributed by atoms with Crippen molar-refractivity contribution in [2.24, 2.45) is 0 Å².